The maximum atomic E-state index is 13.2. The summed E-state index contributed by atoms with van der Waals surface area (Å²) < 4.78 is 31.1. The Balaban J connectivity index is 1.47. The minimum absolute atomic E-state index is 0.0736. The van der Waals surface area contributed by atoms with E-state index >= 15 is 0 Å². The predicted octanol–water partition coefficient (Wildman–Crippen LogP) is 1.27. The largest absolute Gasteiger partial charge is 0.459 e. The van der Waals surface area contributed by atoms with Gasteiger partial charge in [-0.2, -0.15) is 0 Å². The van der Waals surface area contributed by atoms with E-state index in [0.29, 0.717) is 26.2 Å². The van der Waals surface area contributed by atoms with Gasteiger partial charge in [0.2, 0.25) is 5.91 Å². The molecule has 0 aliphatic carbocycles. The van der Waals surface area contributed by atoms with Gasteiger partial charge >= 0.3 is 0 Å². The number of hydrogen-bond donors (Lipinski definition) is 1. The van der Waals surface area contributed by atoms with Gasteiger partial charge in [-0.3, -0.25) is 14.4 Å². The summed E-state index contributed by atoms with van der Waals surface area (Å²) >= 11 is 0. The molecule has 0 spiro atoms. The fourth-order valence-corrected chi connectivity index (χ4v) is 2.72. The van der Waals surface area contributed by atoms with Crippen LogP contribution in [-0.2, 0) is 4.79 Å². The topological polar surface area (TPSA) is 82.9 Å². The molecule has 9 heteroatoms. The molecule has 1 saturated heterocycles. The number of nitrogens with zero attached hydrogens (tertiary/aromatic N) is 2. The molecule has 1 aliphatic rings. The number of rotatable bonds is 4. The zero-order valence-electron chi connectivity index (χ0n) is 14.3. The Kier molecular flexibility index (Phi) is 5.49. The molecule has 27 heavy (non-hydrogen) atoms. The van der Waals surface area contributed by atoms with Gasteiger partial charge in [-0.1, -0.05) is 0 Å². The summed E-state index contributed by atoms with van der Waals surface area (Å²) in [6.45, 7) is 1.08. The second-order valence-electron chi connectivity index (χ2n) is 5.96. The molecule has 0 bridgehead atoms. The van der Waals surface area contributed by atoms with E-state index in [-0.39, 0.29) is 29.7 Å². The standard InChI is InChI=1S/C18H17F2N3O4/c19-13-4-3-12(10-14(13)20)17(25)21-11-16(24)22-5-7-23(8-6-22)18(26)15-2-1-9-27-15/h1-4,9-10H,5-8,11H2,(H,21,25). The third-order valence-electron chi connectivity index (χ3n) is 4.23. The van der Waals surface area contributed by atoms with E-state index in [2.05, 4.69) is 5.32 Å². The Morgan fingerprint density at radius 2 is 1.70 bits per heavy atom. The molecule has 2 aromatic rings. The summed E-state index contributed by atoms with van der Waals surface area (Å²) in [4.78, 5) is 39.4. The van der Waals surface area contributed by atoms with Gasteiger partial charge < -0.3 is 19.5 Å². The molecule has 2 heterocycles. The van der Waals surface area contributed by atoms with Crippen LogP contribution in [0.25, 0.3) is 0 Å². The molecule has 1 aliphatic heterocycles. The highest BCUT2D eigenvalue weighted by molar-refractivity contribution is 5.96. The van der Waals surface area contributed by atoms with Crippen molar-refractivity contribution < 1.29 is 27.6 Å². The monoisotopic (exact) mass is 377 g/mol. The van der Waals surface area contributed by atoms with Gasteiger partial charge in [0, 0.05) is 31.7 Å². The highest BCUT2D eigenvalue weighted by Gasteiger charge is 2.26. The second-order valence-corrected chi connectivity index (χ2v) is 5.96. The van der Waals surface area contributed by atoms with Crippen LogP contribution in [0.5, 0.6) is 0 Å². The highest BCUT2D eigenvalue weighted by atomic mass is 19.2. The molecule has 0 unspecified atom stereocenters. The molecular weight excluding hydrogens is 360 g/mol. The van der Waals surface area contributed by atoms with Crippen LogP contribution in [0.15, 0.2) is 41.0 Å². The molecule has 0 atom stereocenters. The number of furan rings is 1. The van der Waals surface area contributed by atoms with Crippen LogP contribution in [0.1, 0.15) is 20.9 Å². The Labute approximate surface area is 153 Å². The van der Waals surface area contributed by atoms with Crippen molar-refractivity contribution >= 4 is 17.7 Å². The molecule has 3 amide bonds. The number of nitrogens with one attached hydrogen (secondary N) is 1. The number of amides is 3. The number of halogens is 2. The molecule has 0 saturated carbocycles. The minimum Gasteiger partial charge on any atom is -0.459 e. The van der Waals surface area contributed by atoms with Gasteiger partial charge in [0.1, 0.15) is 0 Å². The van der Waals surface area contributed by atoms with Crippen molar-refractivity contribution in [2.24, 2.45) is 0 Å². The zero-order chi connectivity index (χ0) is 19.4. The van der Waals surface area contributed by atoms with Crippen LogP contribution in [-0.4, -0.2) is 60.2 Å². The first-order valence-corrected chi connectivity index (χ1v) is 8.29. The van der Waals surface area contributed by atoms with E-state index in [1.807, 2.05) is 0 Å². The molecule has 1 fully saturated rings. The van der Waals surface area contributed by atoms with E-state index in [0.717, 1.165) is 18.2 Å². The average Bonchev–Trinajstić information content (AvgIpc) is 3.22. The second kappa shape index (κ2) is 7.98. The molecule has 3 rings (SSSR count). The number of hydrogen-bond acceptors (Lipinski definition) is 4. The van der Waals surface area contributed by atoms with E-state index in [9.17, 15) is 23.2 Å². The molecule has 0 radical (unpaired) electrons. The van der Waals surface area contributed by atoms with Crippen molar-refractivity contribution in [1.82, 2.24) is 15.1 Å². The highest BCUT2D eigenvalue weighted by Crippen LogP contribution is 2.10. The van der Waals surface area contributed by atoms with Crippen LogP contribution in [0.3, 0.4) is 0 Å². The lowest BCUT2D eigenvalue weighted by atomic mass is 10.2. The molecular formula is C18H17F2N3O4. The van der Waals surface area contributed by atoms with Crippen molar-refractivity contribution in [2.75, 3.05) is 32.7 Å². The number of piperazine rings is 1. The Morgan fingerprint density at radius 3 is 2.33 bits per heavy atom. The van der Waals surface area contributed by atoms with Gasteiger partial charge in [-0.05, 0) is 30.3 Å². The maximum absolute atomic E-state index is 13.2. The van der Waals surface area contributed by atoms with Crippen LogP contribution in [0.2, 0.25) is 0 Å². The van der Waals surface area contributed by atoms with Crippen molar-refractivity contribution in [2.45, 2.75) is 0 Å². The number of benzene rings is 1. The lowest BCUT2D eigenvalue weighted by Gasteiger charge is -2.34. The van der Waals surface area contributed by atoms with Crippen LogP contribution < -0.4 is 5.32 Å². The Morgan fingerprint density at radius 1 is 1.00 bits per heavy atom. The Bertz CT molecular complexity index is 846. The summed E-state index contributed by atoms with van der Waals surface area (Å²) in [6, 6.07) is 5.96. The fourth-order valence-electron chi connectivity index (χ4n) is 2.72. The van der Waals surface area contributed by atoms with Gasteiger partial charge in [-0.25, -0.2) is 8.78 Å². The average molecular weight is 377 g/mol. The van der Waals surface area contributed by atoms with E-state index in [1.54, 1.807) is 17.0 Å². The van der Waals surface area contributed by atoms with Gasteiger partial charge in [-0.15, -0.1) is 0 Å². The maximum Gasteiger partial charge on any atom is 0.289 e. The van der Waals surface area contributed by atoms with Crippen LogP contribution in [0.4, 0.5) is 8.78 Å². The third-order valence-corrected chi connectivity index (χ3v) is 4.23. The van der Waals surface area contributed by atoms with Gasteiger partial charge in [0.25, 0.3) is 11.8 Å². The van der Waals surface area contributed by atoms with Crippen LogP contribution >= 0.6 is 0 Å². The van der Waals surface area contributed by atoms with Crippen molar-refractivity contribution in [3.05, 3.63) is 59.6 Å². The summed E-state index contributed by atoms with van der Waals surface area (Å²) in [5, 5.41) is 2.38. The van der Waals surface area contributed by atoms with Gasteiger partial charge in [0.15, 0.2) is 17.4 Å². The van der Waals surface area contributed by atoms with Crippen molar-refractivity contribution in [1.29, 1.82) is 0 Å². The first-order chi connectivity index (χ1) is 13.0. The first kappa shape index (κ1) is 18.6. The lowest BCUT2D eigenvalue weighted by molar-refractivity contribution is -0.131. The van der Waals surface area contributed by atoms with E-state index in [1.165, 1.54) is 11.2 Å². The van der Waals surface area contributed by atoms with Crippen molar-refractivity contribution in [3.8, 4) is 0 Å². The molecule has 142 valence electrons. The Hall–Kier alpha value is -3.23. The lowest BCUT2D eigenvalue weighted by Crippen LogP contribution is -2.52. The smallest absolute Gasteiger partial charge is 0.289 e. The first-order valence-electron chi connectivity index (χ1n) is 8.29. The SMILES string of the molecule is O=C(NCC(=O)N1CCN(C(=O)c2ccco2)CC1)c1ccc(F)c(F)c1. The van der Waals surface area contributed by atoms with Crippen molar-refractivity contribution in [3.63, 3.8) is 0 Å². The molecule has 7 nitrogen and oxygen atoms in total. The summed E-state index contributed by atoms with van der Waals surface area (Å²) in [5.74, 6) is -3.17. The normalized spacial score (nSPS) is 14.1. The summed E-state index contributed by atoms with van der Waals surface area (Å²) in [5.41, 5.74) is -0.0736. The van der Waals surface area contributed by atoms with Crippen LogP contribution in [0, 0.1) is 11.6 Å². The minimum atomic E-state index is -1.13. The summed E-state index contributed by atoms with van der Waals surface area (Å²) in [6.07, 6.45) is 1.42. The zero-order valence-corrected chi connectivity index (χ0v) is 14.3. The third kappa shape index (κ3) is 4.30. The number of carbonyl (C=O) groups is 3. The molecule has 1 aromatic carbocycles. The quantitative estimate of drug-likeness (QED) is 0.870. The summed E-state index contributed by atoms with van der Waals surface area (Å²) in [7, 11) is 0. The van der Waals surface area contributed by atoms with E-state index < -0.39 is 17.5 Å². The molecule has 1 aromatic heterocycles. The fraction of sp³-hybridized carbons (Fsp3) is 0.278. The molecule has 1 N–H and O–H groups in total. The van der Waals surface area contributed by atoms with Gasteiger partial charge in [0.05, 0.1) is 12.8 Å². The van der Waals surface area contributed by atoms with E-state index in [4.69, 9.17) is 4.42 Å². The predicted molar refractivity (Wildman–Crippen MR) is 89.9 cm³/mol. The number of carbonyl (C=O) groups excluding carboxylic acids is 3.